The molecule has 1 aromatic carbocycles. The topological polar surface area (TPSA) is 51.3 Å². The Kier molecular flexibility index (Phi) is 3.71. The van der Waals surface area contributed by atoms with Gasteiger partial charge in [0.25, 0.3) is 0 Å². The number of hydrogen-bond donors (Lipinski definition) is 0. The number of likely N-dealkylation sites (tertiary alicyclic amines) is 1. The SMILES string of the molecule is O=c1oc2ccccc2n1C1CCCN(Cc2ccccn2)C1. The fraction of sp³-hybridized carbons (Fsp3) is 0.333. The van der Waals surface area contributed by atoms with Crippen LogP contribution in [-0.4, -0.2) is 27.5 Å². The number of nitrogens with zero attached hydrogens (tertiary/aromatic N) is 3. The highest BCUT2D eigenvalue weighted by Crippen LogP contribution is 2.25. The smallest absolute Gasteiger partial charge is 0.408 e. The molecule has 0 saturated carbocycles. The summed E-state index contributed by atoms with van der Waals surface area (Å²) in [5.41, 5.74) is 2.62. The first-order valence-corrected chi connectivity index (χ1v) is 8.03. The maximum Gasteiger partial charge on any atom is 0.420 e. The van der Waals surface area contributed by atoms with E-state index in [4.69, 9.17) is 4.42 Å². The Morgan fingerprint density at radius 2 is 2.04 bits per heavy atom. The number of fused-ring (bicyclic) bond motifs is 1. The predicted molar refractivity (Wildman–Crippen MR) is 88.3 cm³/mol. The maximum absolute atomic E-state index is 12.3. The molecular formula is C18H19N3O2. The molecule has 5 heteroatoms. The summed E-state index contributed by atoms with van der Waals surface area (Å²) in [7, 11) is 0. The predicted octanol–water partition coefficient (Wildman–Crippen LogP) is 2.83. The third-order valence-corrected chi connectivity index (χ3v) is 4.48. The molecule has 118 valence electrons. The van der Waals surface area contributed by atoms with Crippen molar-refractivity contribution in [2.45, 2.75) is 25.4 Å². The molecule has 3 aromatic rings. The van der Waals surface area contributed by atoms with Crippen molar-refractivity contribution in [3.05, 3.63) is 64.9 Å². The Morgan fingerprint density at radius 3 is 2.91 bits per heavy atom. The molecule has 1 fully saturated rings. The molecule has 1 atom stereocenters. The normalized spacial score (nSPS) is 19.2. The van der Waals surface area contributed by atoms with Gasteiger partial charge in [-0.25, -0.2) is 4.79 Å². The molecule has 1 aliphatic rings. The number of benzene rings is 1. The summed E-state index contributed by atoms with van der Waals surface area (Å²) in [6, 6.07) is 13.8. The van der Waals surface area contributed by atoms with Crippen LogP contribution in [0.1, 0.15) is 24.6 Å². The molecule has 2 aromatic heterocycles. The van der Waals surface area contributed by atoms with E-state index < -0.39 is 0 Å². The Balaban J connectivity index is 1.59. The molecule has 4 rings (SSSR count). The van der Waals surface area contributed by atoms with Gasteiger partial charge in [-0.1, -0.05) is 18.2 Å². The van der Waals surface area contributed by atoms with E-state index in [0.717, 1.165) is 43.7 Å². The summed E-state index contributed by atoms with van der Waals surface area (Å²) in [6.07, 6.45) is 3.90. The molecule has 1 unspecified atom stereocenters. The number of piperidine rings is 1. The van der Waals surface area contributed by atoms with E-state index in [0.29, 0.717) is 5.58 Å². The number of para-hydroxylation sites is 2. The van der Waals surface area contributed by atoms with Crippen LogP contribution in [0.3, 0.4) is 0 Å². The summed E-state index contributed by atoms with van der Waals surface area (Å²) < 4.78 is 7.20. The minimum Gasteiger partial charge on any atom is -0.408 e. The van der Waals surface area contributed by atoms with Gasteiger partial charge in [-0.2, -0.15) is 0 Å². The number of rotatable bonds is 3. The van der Waals surface area contributed by atoms with E-state index in [1.807, 2.05) is 53.2 Å². The second-order valence-corrected chi connectivity index (χ2v) is 6.06. The summed E-state index contributed by atoms with van der Waals surface area (Å²) in [4.78, 5) is 19.0. The van der Waals surface area contributed by atoms with Crippen LogP contribution in [0.2, 0.25) is 0 Å². The molecular weight excluding hydrogens is 290 g/mol. The van der Waals surface area contributed by atoms with Gasteiger partial charge in [-0.3, -0.25) is 14.5 Å². The van der Waals surface area contributed by atoms with Gasteiger partial charge in [-0.05, 0) is 43.7 Å². The lowest BCUT2D eigenvalue weighted by atomic mass is 10.0. The Hall–Kier alpha value is -2.40. The summed E-state index contributed by atoms with van der Waals surface area (Å²) in [5.74, 6) is -0.254. The highest BCUT2D eigenvalue weighted by Gasteiger charge is 2.25. The van der Waals surface area contributed by atoms with Gasteiger partial charge in [0.15, 0.2) is 5.58 Å². The van der Waals surface area contributed by atoms with Crippen LogP contribution in [0.5, 0.6) is 0 Å². The van der Waals surface area contributed by atoms with Crippen molar-refractivity contribution in [2.75, 3.05) is 13.1 Å². The van der Waals surface area contributed by atoms with Crippen molar-refractivity contribution >= 4 is 11.1 Å². The molecule has 0 spiro atoms. The zero-order chi connectivity index (χ0) is 15.6. The second-order valence-electron chi connectivity index (χ2n) is 6.06. The first-order chi connectivity index (χ1) is 11.3. The van der Waals surface area contributed by atoms with Crippen LogP contribution in [0.4, 0.5) is 0 Å². The molecule has 5 nitrogen and oxygen atoms in total. The van der Waals surface area contributed by atoms with Crippen molar-refractivity contribution in [1.82, 2.24) is 14.5 Å². The molecule has 1 saturated heterocycles. The number of oxazole rings is 1. The second kappa shape index (κ2) is 6.01. The van der Waals surface area contributed by atoms with Crippen LogP contribution in [0.15, 0.2) is 57.9 Å². The minimum atomic E-state index is -0.254. The van der Waals surface area contributed by atoms with Crippen molar-refractivity contribution < 1.29 is 4.42 Å². The van der Waals surface area contributed by atoms with Crippen molar-refractivity contribution in [3.8, 4) is 0 Å². The average Bonchev–Trinajstić information content (AvgIpc) is 2.92. The van der Waals surface area contributed by atoms with Gasteiger partial charge in [0.2, 0.25) is 0 Å². The summed E-state index contributed by atoms with van der Waals surface area (Å²) in [5, 5.41) is 0. The van der Waals surface area contributed by atoms with Gasteiger partial charge in [0.1, 0.15) is 0 Å². The molecule has 0 bridgehead atoms. The van der Waals surface area contributed by atoms with Gasteiger partial charge < -0.3 is 4.42 Å². The van der Waals surface area contributed by atoms with Gasteiger partial charge in [0, 0.05) is 19.3 Å². The average molecular weight is 309 g/mol. The standard InChI is InChI=1S/C18H19N3O2/c22-18-21(16-8-1-2-9-17(16)23-18)15-7-5-11-20(13-15)12-14-6-3-4-10-19-14/h1-4,6,8-10,15H,5,7,11-13H2. The van der Waals surface area contributed by atoms with E-state index in [9.17, 15) is 4.79 Å². The maximum atomic E-state index is 12.3. The van der Waals surface area contributed by atoms with Crippen molar-refractivity contribution in [3.63, 3.8) is 0 Å². The number of hydrogen-bond acceptors (Lipinski definition) is 4. The van der Waals surface area contributed by atoms with E-state index >= 15 is 0 Å². The van der Waals surface area contributed by atoms with Gasteiger partial charge >= 0.3 is 5.76 Å². The Labute approximate surface area is 134 Å². The summed E-state index contributed by atoms with van der Waals surface area (Å²) >= 11 is 0. The highest BCUT2D eigenvalue weighted by atomic mass is 16.4. The zero-order valence-electron chi connectivity index (χ0n) is 12.9. The lowest BCUT2D eigenvalue weighted by Crippen LogP contribution is -2.38. The largest absolute Gasteiger partial charge is 0.420 e. The van der Waals surface area contributed by atoms with Gasteiger partial charge in [0.05, 0.1) is 17.3 Å². The number of pyridine rings is 1. The Morgan fingerprint density at radius 1 is 1.17 bits per heavy atom. The third-order valence-electron chi connectivity index (χ3n) is 4.48. The number of aromatic nitrogens is 2. The lowest BCUT2D eigenvalue weighted by molar-refractivity contribution is 0.166. The van der Waals surface area contributed by atoms with E-state index in [1.165, 1.54) is 0 Å². The van der Waals surface area contributed by atoms with Gasteiger partial charge in [-0.15, -0.1) is 0 Å². The highest BCUT2D eigenvalue weighted by molar-refractivity contribution is 5.72. The quantitative estimate of drug-likeness (QED) is 0.746. The lowest BCUT2D eigenvalue weighted by Gasteiger charge is -2.32. The van der Waals surface area contributed by atoms with Crippen LogP contribution in [-0.2, 0) is 6.54 Å². The van der Waals surface area contributed by atoms with Crippen LogP contribution in [0, 0.1) is 0 Å². The summed E-state index contributed by atoms with van der Waals surface area (Å²) in [6.45, 7) is 2.71. The molecule has 23 heavy (non-hydrogen) atoms. The van der Waals surface area contributed by atoms with Crippen molar-refractivity contribution in [2.24, 2.45) is 0 Å². The first kappa shape index (κ1) is 14.2. The molecule has 1 aliphatic heterocycles. The first-order valence-electron chi connectivity index (χ1n) is 8.03. The third kappa shape index (κ3) is 2.80. The van der Waals surface area contributed by atoms with Crippen LogP contribution in [0.25, 0.3) is 11.1 Å². The molecule has 0 N–H and O–H groups in total. The fourth-order valence-corrected chi connectivity index (χ4v) is 3.44. The molecule has 0 aliphatic carbocycles. The van der Waals surface area contributed by atoms with Crippen LogP contribution < -0.4 is 5.76 Å². The van der Waals surface area contributed by atoms with Crippen LogP contribution >= 0.6 is 0 Å². The van der Waals surface area contributed by atoms with E-state index in [2.05, 4.69) is 9.88 Å². The van der Waals surface area contributed by atoms with Crippen molar-refractivity contribution in [1.29, 1.82) is 0 Å². The zero-order valence-corrected chi connectivity index (χ0v) is 12.9. The van der Waals surface area contributed by atoms with E-state index in [-0.39, 0.29) is 11.8 Å². The van der Waals surface area contributed by atoms with E-state index in [1.54, 1.807) is 0 Å². The minimum absolute atomic E-state index is 0.156. The fourth-order valence-electron chi connectivity index (χ4n) is 3.44. The molecule has 0 amide bonds. The molecule has 0 radical (unpaired) electrons. The molecule has 3 heterocycles. The monoisotopic (exact) mass is 309 g/mol. The Bertz CT molecular complexity index is 853.